The summed E-state index contributed by atoms with van der Waals surface area (Å²) in [5, 5.41) is 2.38. The minimum atomic E-state index is -1.13. The van der Waals surface area contributed by atoms with Crippen LogP contribution in [-0.4, -0.2) is 10.0 Å². The number of hydrogen-bond acceptors (Lipinski definition) is 1. The maximum Gasteiger partial charge on any atom is 0.246 e. The SMILES string of the molecule is Cl.Fc1cccc2c1c(F)nn2F. The molecule has 0 aliphatic rings. The Morgan fingerprint density at radius 2 is 1.92 bits per heavy atom. The van der Waals surface area contributed by atoms with Crippen molar-refractivity contribution in [3.63, 3.8) is 0 Å². The van der Waals surface area contributed by atoms with Crippen molar-refractivity contribution in [3.8, 4) is 0 Å². The Labute approximate surface area is 77.3 Å². The molecule has 0 atom stereocenters. The summed E-state index contributed by atoms with van der Waals surface area (Å²) < 4.78 is 38.0. The lowest BCUT2D eigenvalue weighted by atomic mass is 10.2. The molecular weight excluding hydrogens is 205 g/mol. The van der Waals surface area contributed by atoms with Gasteiger partial charge < -0.3 is 0 Å². The van der Waals surface area contributed by atoms with Gasteiger partial charge in [0.2, 0.25) is 5.95 Å². The zero-order chi connectivity index (χ0) is 8.72. The molecule has 2 aromatic rings. The number of fused-ring (bicyclic) bond motifs is 1. The number of benzene rings is 1. The Bertz CT molecular complexity index is 440. The molecule has 0 spiro atoms. The van der Waals surface area contributed by atoms with Crippen LogP contribution in [-0.2, 0) is 0 Å². The Morgan fingerprint density at radius 3 is 2.54 bits per heavy atom. The number of nitrogens with zero attached hydrogens (tertiary/aromatic N) is 2. The van der Waals surface area contributed by atoms with Crippen LogP contribution in [0.4, 0.5) is 13.3 Å². The third-order valence-corrected chi connectivity index (χ3v) is 1.57. The van der Waals surface area contributed by atoms with Gasteiger partial charge in [0, 0.05) is 0 Å². The fraction of sp³-hybridized carbons (Fsp3) is 0. The van der Waals surface area contributed by atoms with Crippen molar-refractivity contribution in [1.82, 2.24) is 10.0 Å². The molecule has 0 aliphatic carbocycles. The summed E-state index contributed by atoms with van der Waals surface area (Å²) >= 11 is 0. The molecule has 0 N–H and O–H groups in total. The third kappa shape index (κ3) is 1.35. The molecule has 0 radical (unpaired) electrons. The lowest BCUT2D eigenvalue weighted by Gasteiger charge is -1.89. The molecule has 2 rings (SSSR count). The molecule has 0 aliphatic heterocycles. The quantitative estimate of drug-likeness (QED) is 0.650. The van der Waals surface area contributed by atoms with Gasteiger partial charge in [-0.1, -0.05) is 15.5 Å². The molecule has 0 bridgehead atoms. The Kier molecular flexibility index (Phi) is 2.47. The Morgan fingerprint density at radius 1 is 1.23 bits per heavy atom. The highest BCUT2D eigenvalue weighted by molar-refractivity contribution is 5.85. The van der Waals surface area contributed by atoms with Crippen molar-refractivity contribution in [1.29, 1.82) is 0 Å². The minimum absolute atomic E-state index is 0. The van der Waals surface area contributed by atoms with Crippen molar-refractivity contribution < 1.29 is 13.3 Å². The van der Waals surface area contributed by atoms with Gasteiger partial charge in [-0.15, -0.1) is 17.5 Å². The predicted molar refractivity (Wildman–Crippen MR) is 43.4 cm³/mol. The maximum atomic E-state index is 12.8. The Hall–Kier alpha value is -1.23. The van der Waals surface area contributed by atoms with Crippen LogP contribution >= 0.6 is 12.4 Å². The number of aromatic nitrogens is 2. The van der Waals surface area contributed by atoms with Gasteiger partial charge in [0.1, 0.15) is 11.3 Å². The van der Waals surface area contributed by atoms with Gasteiger partial charge in [0.15, 0.2) is 0 Å². The van der Waals surface area contributed by atoms with Gasteiger partial charge in [0.05, 0.1) is 5.39 Å². The molecule has 2 nitrogen and oxygen atoms in total. The highest BCUT2D eigenvalue weighted by Gasteiger charge is 2.13. The molecular formula is C7H4ClF3N2. The molecule has 0 unspecified atom stereocenters. The van der Waals surface area contributed by atoms with Crippen LogP contribution in [0.15, 0.2) is 18.2 Å². The molecule has 1 heterocycles. The second-order valence-electron chi connectivity index (χ2n) is 2.28. The van der Waals surface area contributed by atoms with E-state index in [4.69, 9.17) is 0 Å². The smallest absolute Gasteiger partial charge is 0.206 e. The first-order valence-electron chi connectivity index (χ1n) is 3.19. The summed E-state index contributed by atoms with van der Waals surface area (Å²) in [7, 11) is 0. The van der Waals surface area contributed by atoms with E-state index in [1.54, 1.807) is 0 Å². The molecule has 13 heavy (non-hydrogen) atoms. The van der Waals surface area contributed by atoms with E-state index in [0.29, 0.717) is 0 Å². The molecule has 0 saturated carbocycles. The molecule has 1 aromatic carbocycles. The van der Waals surface area contributed by atoms with Gasteiger partial charge in [-0.25, -0.2) is 4.39 Å². The van der Waals surface area contributed by atoms with E-state index in [1.807, 2.05) is 0 Å². The van der Waals surface area contributed by atoms with Gasteiger partial charge in [-0.05, 0) is 12.1 Å². The standard InChI is InChI=1S/C7H3F3N2.ClH/c8-4-2-1-3-5-6(4)7(9)11-12(5)10;/h1-3H;1H. The normalized spacial score (nSPS) is 10.1. The van der Waals surface area contributed by atoms with Crippen LogP contribution in [0.3, 0.4) is 0 Å². The van der Waals surface area contributed by atoms with E-state index in [2.05, 4.69) is 5.10 Å². The average molecular weight is 209 g/mol. The lowest BCUT2D eigenvalue weighted by Crippen LogP contribution is -1.82. The van der Waals surface area contributed by atoms with Crippen LogP contribution in [0.25, 0.3) is 10.9 Å². The number of rotatable bonds is 0. The second-order valence-corrected chi connectivity index (χ2v) is 2.28. The fourth-order valence-electron chi connectivity index (χ4n) is 1.05. The fourth-order valence-corrected chi connectivity index (χ4v) is 1.05. The summed E-state index contributed by atoms with van der Waals surface area (Å²) in [6.45, 7) is 0. The highest BCUT2D eigenvalue weighted by Crippen LogP contribution is 2.20. The monoisotopic (exact) mass is 208 g/mol. The van der Waals surface area contributed by atoms with Gasteiger partial charge in [-0.2, -0.15) is 4.39 Å². The molecule has 70 valence electrons. The maximum absolute atomic E-state index is 12.8. The van der Waals surface area contributed by atoms with E-state index >= 15 is 0 Å². The summed E-state index contributed by atoms with van der Waals surface area (Å²) in [4.78, 5) is -0.187. The van der Waals surface area contributed by atoms with Crippen LogP contribution in [0.1, 0.15) is 0 Å². The topological polar surface area (TPSA) is 17.8 Å². The first kappa shape index (κ1) is 9.85. The molecule has 0 amide bonds. The second kappa shape index (κ2) is 3.26. The summed E-state index contributed by atoms with van der Waals surface area (Å²) in [6, 6.07) is 3.58. The van der Waals surface area contributed by atoms with Crippen LogP contribution in [0.2, 0.25) is 0 Å². The molecule has 1 aromatic heterocycles. The van der Waals surface area contributed by atoms with Crippen molar-refractivity contribution in [2.24, 2.45) is 0 Å². The Balaban J connectivity index is 0.000000845. The number of hydrogen-bond donors (Lipinski definition) is 0. The molecule has 0 fully saturated rings. The zero-order valence-corrected chi connectivity index (χ0v) is 6.99. The van der Waals surface area contributed by atoms with Crippen LogP contribution in [0, 0.1) is 11.8 Å². The molecule has 0 saturated heterocycles. The van der Waals surface area contributed by atoms with Gasteiger partial charge in [-0.3, -0.25) is 0 Å². The van der Waals surface area contributed by atoms with E-state index in [1.165, 1.54) is 12.1 Å². The lowest BCUT2D eigenvalue weighted by molar-refractivity contribution is 0.317. The van der Waals surface area contributed by atoms with Gasteiger partial charge in [0.25, 0.3) is 0 Å². The van der Waals surface area contributed by atoms with Gasteiger partial charge >= 0.3 is 0 Å². The highest BCUT2D eigenvalue weighted by atomic mass is 35.5. The first-order chi connectivity index (χ1) is 5.70. The van der Waals surface area contributed by atoms with Crippen molar-refractivity contribution in [2.45, 2.75) is 0 Å². The number of halogens is 4. The summed E-state index contributed by atoms with van der Waals surface area (Å²) in [5.74, 6) is -1.94. The van der Waals surface area contributed by atoms with Crippen molar-refractivity contribution in [3.05, 3.63) is 30.0 Å². The largest absolute Gasteiger partial charge is 0.246 e. The predicted octanol–water partition coefficient (Wildman–Crippen LogP) is 2.47. The van der Waals surface area contributed by atoms with Crippen LogP contribution < -0.4 is 0 Å². The first-order valence-corrected chi connectivity index (χ1v) is 3.19. The zero-order valence-electron chi connectivity index (χ0n) is 6.17. The van der Waals surface area contributed by atoms with E-state index in [0.717, 1.165) is 6.07 Å². The van der Waals surface area contributed by atoms with Crippen molar-refractivity contribution in [2.75, 3.05) is 0 Å². The summed E-state index contributed by atoms with van der Waals surface area (Å²) in [5.41, 5.74) is -0.201. The summed E-state index contributed by atoms with van der Waals surface area (Å²) in [6.07, 6.45) is 0. The van der Waals surface area contributed by atoms with E-state index < -0.39 is 17.2 Å². The van der Waals surface area contributed by atoms with Crippen LogP contribution in [0.5, 0.6) is 0 Å². The average Bonchev–Trinajstić information content (AvgIpc) is 2.29. The minimum Gasteiger partial charge on any atom is -0.206 e. The van der Waals surface area contributed by atoms with Crippen molar-refractivity contribution >= 4 is 23.3 Å². The van der Waals surface area contributed by atoms with E-state index in [9.17, 15) is 13.3 Å². The third-order valence-electron chi connectivity index (χ3n) is 1.57. The van der Waals surface area contributed by atoms with E-state index in [-0.39, 0.29) is 22.8 Å². The molecule has 6 heteroatoms.